The Balaban J connectivity index is 1.18. The fourth-order valence-corrected chi connectivity index (χ4v) is 4.91. The molecule has 1 atom stereocenters. The number of alkyl carbamates (subject to hydrolysis) is 1. The Hall–Kier alpha value is -3.29. The van der Waals surface area contributed by atoms with E-state index in [1.807, 2.05) is 0 Å². The standard InChI is InChI=1S/C27H31FN2O5/c28-21-6-3-4-17(14-21)16-35-27(34)30-24(26(32)33)10-11-25(31)20-12-18(13-20)15-22-9-8-19-5-1-2-7-23(19)29-22/h3-4,6,8-9,14,18,20,24H,1-2,5,7,10-13,15-16H2,(H,30,34)(H,32,33)/t18?,20?,24-/m0/s1. The van der Waals surface area contributed by atoms with Gasteiger partial charge in [-0.3, -0.25) is 9.78 Å². The number of benzene rings is 1. The summed E-state index contributed by atoms with van der Waals surface area (Å²) in [6.45, 7) is -0.183. The molecule has 1 amide bonds. The molecule has 186 valence electrons. The smallest absolute Gasteiger partial charge is 0.408 e. The molecule has 0 spiro atoms. The van der Waals surface area contributed by atoms with E-state index in [1.165, 1.54) is 42.3 Å². The number of Topliss-reactive ketones (excluding diaryl/α,β-unsaturated/α-hetero) is 1. The van der Waals surface area contributed by atoms with E-state index >= 15 is 0 Å². The maximum Gasteiger partial charge on any atom is 0.408 e. The summed E-state index contributed by atoms with van der Waals surface area (Å²) in [5, 5.41) is 11.7. The van der Waals surface area contributed by atoms with Gasteiger partial charge in [-0.15, -0.1) is 0 Å². The zero-order chi connectivity index (χ0) is 24.8. The van der Waals surface area contributed by atoms with Crippen molar-refractivity contribution in [1.82, 2.24) is 10.3 Å². The van der Waals surface area contributed by atoms with Gasteiger partial charge in [0.2, 0.25) is 0 Å². The number of aryl methyl sites for hydroxylation is 2. The van der Waals surface area contributed by atoms with Crippen LogP contribution >= 0.6 is 0 Å². The van der Waals surface area contributed by atoms with Crippen LogP contribution in [0.4, 0.5) is 9.18 Å². The first kappa shape index (κ1) is 24.8. The number of fused-ring (bicyclic) bond motifs is 1. The molecule has 2 N–H and O–H groups in total. The number of nitrogens with one attached hydrogen (secondary N) is 1. The Kier molecular flexibility index (Phi) is 8.10. The molecule has 2 aromatic rings. The topological polar surface area (TPSA) is 106 Å². The number of amides is 1. The van der Waals surface area contributed by atoms with E-state index in [4.69, 9.17) is 9.72 Å². The van der Waals surface area contributed by atoms with E-state index in [2.05, 4.69) is 17.4 Å². The fraction of sp³-hybridized carbons (Fsp3) is 0.481. The van der Waals surface area contributed by atoms with Gasteiger partial charge in [0.15, 0.2) is 0 Å². The summed E-state index contributed by atoms with van der Waals surface area (Å²) in [5.41, 5.74) is 4.13. The summed E-state index contributed by atoms with van der Waals surface area (Å²) in [5.74, 6) is -1.30. The lowest BCUT2D eigenvalue weighted by Crippen LogP contribution is -2.42. The molecule has 1 fully saturated rings. The van der Waals surface area contributed by atoms with Gasteiger partial charge < -0.3 is 15.2 Å². The predicted octanol–water partition coefficient (Wildman–Crippen LogP) is 4.40. The van der Waals surface area contributed by atoms with Crippen molar-refractivity contribution in [2.75, 3.05) is 0 Å². The first-order valence-electron chi connectivity index (χ1n) is 12.3. The Bertz CT molecular complexity index is 1080. The van der Waals surface area contributed by atoms with Crippen LogP contribution in [0.2, 0.25) is 0 Å². The Labute approximate surface area is 204 Å². The van der Waals surface area contributed by atoms with Crippen LogP contribution in [0.1, 0.15) is 61.0 Å². The molecule has 0 unspecified atom stereocenters. The normalized spacial score (nSPS) is 19.7. The van der Waals surface area contributed by atoms with E-state index in [1.54, 1.807) is 6.07 Å². The number of hydrogen-bond acceptors (Lipinski definition) is 5. The van der Waals surface area contributed by atoms with E-state index in [9.17, 15) is 23.9 Å². The van der Waals surface area contributed by atoms with Crippen LogP contribution in [0.25, 0.3) is 0 Å². The minimum atomic E-state index is -1.23. The number of carbonyl (C=O) groups excluding carboxylic acids is 2. The number of carbonyl (C=O) groups is 3. The molecule has 1 aromatic carbocycles. The molecule has 4 rings (SSSR count). The van der Waals surface area contributed by atoms with Crippen molar-refractivity contribution in [2.45, 2.75) is 70.4 Å². The Morgan fingerprint density at radius 1 is 1.14 bits per heavy atom. The fourth-order valence-electron chi connectivity index (χ4n) is 4.91. The number of carboxylic acid groups (broad SMARTS) is 1. The van der Waals surface area contributed by atoms with Crippen molar-refractivity contribution >= 4 is 17.8 Å². The second-order valence-corrected chi connectivity index (χ2v) is 9.60. The van der Waals surface area contributed by atoms with Gasteiger partial charge in [0.05, 0.1) is 0 Å². The number of pyridine rings is 1. The minimum absolute atomic E-state index is 0.00320. The average molecular weight is 483 g/mol. The molecule has 1 heterocycles. The highest BCUT2D eigenvalue weighted by atomic mass is 19.1. The van der Waals surface area contributed by atoms with Crippen LogP contribution in [0.3, 0.4) is 0 Å². The number of aliphatic carboxylic acids is 1. The summed E-state index contributed by atoms with van der Waals surface area (Å²) in [6.07, 6.45) is 6.19. The third-order valence-electron chi connectivity index (χ3n) is 6.95. The molecule has 1 saturated carbocycles. The quantitative estimate of drug-likeness (QED) is 0.520. The first-order valence-corrected chi connectivity index (χ1v) is 12.3. The van der Waals surface area contributed by atoms with Crippen molar-refractivity contribution in [2.24, 2.45) is 11.8 Å². The van der Waals surface area contributed by atoms with Crippen molar-refractivity contribution < 1.29 is 28.6 Å². The van der Waals surface area contributed by atoms with Gasteiger partial charge in [-0.1, -0.05) is 18.2 Å². The molecule has 8 heteroatoms. The number of rotatable bonds is 10. The van der Waals surface area contributed by atoms with Crippen LogP contribution in [-0.2, 0) is 40.2 Å². The summed E-state index contributed by atoms with van der Waals surface area (Å²) >= 11 is 0. The van der Waals surface area contributed by atoms with Gasteiger partial charge in [-0.05, 0) is 86.6 Å². The van der Waals surface area contributed by atoms with Crippen LogP contribution in [0, 0.1) is 17.7 Å². The average Bonchev–Trinajstić information content (AvgIpc) is 2.82. The highest BCUT2D eigenvalue weighted by Gasteiger charge is 2.35. The Morgan fingerprint density at radius 2 is 1.94 bits per heavy atom. The number of hydrogen-bond donors (Lipinski definition) is 2. The second-order valence-electron chi connectivity index (χ2n) is 9.60. The van der Waals surface area contributed by atoms with Crippen LogP contribution < -0.4 is 5.32 Å². The second kappa shape index (κ2) is 11.4. The van der Waals surface area contributed by atoms with Gasteiger partial charge in [0.1, 0.15) is 24.2 Å². The summed E-state index contributed by atoms with van der Waals surface area (Å²) < 4.78 is 18.2. The number of carboxylic acids is 1. The van der Waals surface area contributed by atoms with Crippen molar-refractivity contribution in [1.29, 1.82) is 0 Å². The summed E-state index contributed by atoms with van der Waals surface area (Å²) in [6, 6.07) is 8.67. The third-order valence-corrected chi connectivity index (χ3v) is 6.95. The minimum Gasteiger partial charge on any atom is -0.480 e. The molecule has 0 saturated heterocycles. The van der Waals surface area contributed by atoms with E-state index in [0.29, 0.717) is 11.5 Å². The van der Waals surface area contributed by atoms with Gasteiger partial charge >= 0.3 is 12.1 Å². The van der Waals surface area contributed by atoms with Crippen LogP contribution in [-0.4, -0.2) is 34.0 Å². The van der Waals surface area contributed by atoms with E-state index in [0.717, 1.165) is 37.8 Å². The maximum atomic E-state index is 13.2. The molecular weight excluding hydrogens is 451 g/mol. The largest absolute Gasteiger partial charge is 0.480 e. The van der Waals surface area contributed by atoms with Gasteiger partial charge in [0.25, 0.3) is 0 Å². The van der Waals surface area contributed by atoms with Crippen molar-refractivity contribution in [3.63, 3.8) is 0 Å². The zero-order valence-electron chi connectivity index (χ0n) is 19.7. The number of nitrogens with zero attached hydrogens (tertiary/aromatic N) is 1. The van der Waals surface area contributed by atoms with Gasteiger partial charge in [0, 0.05) is 23.7 Å². The molecule has 0 radical (unpaired) electrons. The van der Waals surface area contributed by atoms with E-state index in [-0.39, 0.29) is 31.1 Å². The first-order chi connectivity index (χ1) is 16.9. The lowest BCUT2D eigenvalue weighted by molar-refractivity contribution is -0.139. The third kappa shape index (κ3) is 6.87. The number of ketones is 1. The lowest BCUT2D eigenvalue weighted by atomic mass is 9.70. The molecule has 7 nitrogen and oxygen atoms in total. The lowest BCUT2D eigenvalue weighted by Gasteiger charge is -2.34. The van der Waals surface area contributed by atoms with Crippen LogP contribution in [0.15, 0.2) is 36.4 Å². The number of halogens is 1. The van der Waals surface area contributed by atoms with E-state index < -0.39 is 23.9 Å². The molecule has 0 aliphatic heterocycles. The predicted molar refractivity (Wildman–Crippen MR) is 126 cm³/mol. The van der Waals surface area contributed by atoms with Crippen LogP contribution in [0.5, 0.6) is 0 Å². The monoisotopic (exact) mass is 482 g/mol. The maximum absolute atomic E-state index is 13.2. The van der Waals surface area contributed by atoms with Gasteiger partial charge in [-0.25, -0.2) is 14.0 Å². The molecule has 2 aliphatic rings. The van der Waals surface area contributed by atoms with Crippen molar-refractivity contribution in [3.05, 3.63) is 64.7 Å². The SMILES string of the molecule is O=C(N[C@@H](CCC(=O)C1CC(Cc2ccc3c(n2)CCCC3)C1)C(=O)O)OCc1cccc(F)c1. The highest BCUT2D eigenvalue weighted by Crippen LogP contribution is 2.37. The summed E-state index contributed by atoms with van der Waals surface area (Å²) in [4.78, 5) is 40.9. The Morgan fingerprint density at radius 3 is 2.71 bits per heavy atom. The van der Waals surface area contributed by atoms with Crippen molar-refractivity contribution in [3.8, 4) is 0 Å². The highest BCUT2D eigenvalue weighted by molar-refractivity contribution is 5.84. The zero-order valence-corrected chi connectivity index (χ0v) is 19.7. The number of aromatic nitrogens is 1. The molecule has 0 bridgehead atoms. The molecule has 2 aliphatic carbocycles. The molecule has 1 aromatic heterocycles. The van der Waals surface area contributed by atoms with Gasteiger partial charge in [-0.2, -0.15) is 0 Å². The number of ether oxygens (including phenoxy) is 1. The molecular formula is C27H31FN2O5. The molecule has 35 heavy (non-hydrogen) atoms. The summed E-state index contributed by atoms with van der Waals surface area (Å²) in [7, 11) is 0.